The molecule has 1 aromatic rings. The lowest BCUT2D eigenvalue weighted by atomic mass is 10.2. The van der Waals surface area contributed by atoms with E-state index in [0.29, 0.717) is 10.8 Å². The maximum absolute atomic E-state index is 11.9. The molecule has 98 valence electrons. The van der Waals surface area contributed by atoms with Gasteiger partial charge in [0.25, 0.3) is 5.91 Å². The predicted molar refractivity (Wildman–Crippen MR) is 71.1 cm³/mol. The molecule has 0 aromatic heterocycles. The average Bonchev–Trinajstić information content (AvgIpc) is 2.41. The normalized spacial score (nSPS) is 15.6. The number of carbonyl (C=O) groups excluding carboxylic acids is 1. The summed E-state index contributed by atoms with van der Waals surface area (Å²) in [6.07, 6.45) is 0. The van der Waals surface area contributed by atoms with Gasteiger partial charge in [0.05, 0.1) is 0 Å². The zero-order chi connectivity index (χ0) is 13.0. The number of ether oxygens (including phenoxy) is 1. The number of piperazine rings is 1. The Balaban J connectivity index is 1.86. The van der Waals surface area contributed by atoms with Crippen molar-refractivity contribution in [3.05, 3.63) is 28.8 Å². The lowest BCUT2D eigenvalue weighted by Gasteiger charge is -2.27. The van der Waals surface area contributed by atoms with Crippen molar-refractivity contribution < 1.29 is 9.53 Å². The van der Waals surface area contributed by atoms with Gasteiger partial charge in [-0.25, -0.2) is 0 Å². The number of carbonyl (C=O) groups is 1. The summed E-state index contributed by atoms with van der Waals surface area (Å²) in [4.78, 5) is 13.7. The van der Waals surface area contributed by atoms with Crippen LogP contribution in [0.1, 0.15) is 5.56 Å². The molecule has 0 unspecified atom stereocenters. The number of hydrogen-bond donors (Lipinski definition) is 1. The molecule has 2 rings (SSSR count). The molecule has 1 aliphatic rings. The third-order valence-electron chi connectivity index (χ3n) is 2.96. The van der Waals surface area contributed by atoms with E-state index in [1.54, 1.807) is 12.1 Å². The van der Waals surface area contributed by atoms with Crippen molar-refractivity contribution in [2.24, 2.45) is 0 Å². The zero-order valence-electron chi connectivity index (χ0n) is 10.4. The Labute approximate surface area is 112 Å². The van der Waals surface area contributed by atoms with Gasteiger partial charge < -0.3 is 15.0 Å². The number of nitrogens with zero attached hydrogens (tertiary/aromatic N) is 1. The molecule has 5 heteroatoms. The van der Waals surface area contributed by atoms with Gasteiger partial charge >= 0.3 is 0 Å². The van der Waals surface area contributed by atoms with E-state index in [9.17, 15) is 4.79 Å². The Kier molecular flexibility index (Phi) is 4.44. The van der Waals surface area contributed by atoms with E-state index >= 15 is 0 Å². The van der Waals surface area contributed by atoms with Crippen LogP contribution < -0.4 is 10.1 Å². The van der Waals surface area contributed by atoms with E-state index in [1.807, 2.05) is 17.9 Å². The minimum Gasteiger partial charge on any atom is -0.484 e. The van der Waals surface area contributed by atoms with Gasteiger partial charge in [-0.3, -0.25) is 4.79 Å². The molecule has 1 fully saturated rings. The fraction of sp³-hybridized carbons (Fsp3) is 0.462. The van der Waals surface area contributed by atoms with Crippen LogP contribution in [-0.2, 0) is 4.79 Å². The van der Waals surface area contributed by atoms with Crippen LogP contribution in [-0.4, -0.2) is 43.6 Å². The van der Waals surface area contributed by atoms with Crippen LogP contribution in [0, 0.1) is 6.92 Å². The first-order valence-corrected chi connectivity index (χ1v) is 6.42. The van der Waals surface area contributed by atoms with E-state index in [0.717, 1.165) is 31.7 Å². The number of nitrogens with one attached hydrogen (secondary N) is 1. The second-order valence-electron chi connectivity index (χ2n) is 4.33. The van der Waals surface area contributed by atoms with E-state index in [-0.39, 0.29) is 12.5 Å². The Bertz CT molecular complexity index is 431. The minimum atomic E-state index is 0.0316. The molecular weight excluding hydrogens is 252 g/mol. The second-order valence-corrected chi connectivity index (χ2v) is 4.74. The van der Waals surface area contributed by atoms with E-state index < -0.39 is 0 Å². The fourth-order valence-corrected chi connectivity index (χ4v) is 1.98. The van der Waals surface area contributed by atoms with Gasteiger partial charge in [-0.05, 0) is 30.7 Å². The lowest BCUT2D eigenvalue weighted by Crippen LogP contribution is -2.47. The summed E-state index contributed by atoms with van der Waals surface area (Å²) in [5.74, 6) is 0.712. The maximum atomic E-state index is 11.9. The summed E-state index contributed by atoms with van der Waals surface area (Å²) in [6.45, 7) is 5.20. The zero-order valence-corrected chi connectivity index (χ0v) is 11.2. The van der Waals surface area contributed by atoms with Crippen molar-refractivity contribution in [2.75, 3.05) is 32.8 Å². The highest BCUT2D eigenvalue weighted by Gasteiger charge is 2.16. The Morgan fingerprint density at radius 1 is 1.44 bits per heavy atom. The third-order valence-corrected chi connectivity index (χ3v) is 3.39. The summed E-state index contributed by atoms with van der Waals surface area (Å²) in [6, 6.07) is 5.40. The van der Waals surface area contributed by atoms with Gasteiger partial charge in [0, 0.05) is 31.2 Å². The quantitative estimate of drug-likeness (QED) is 0.902. The Hall–Kier alpha value is -1.26. The maximum Gasteiger partial charge on any atom is 0.260 e. The van der Waals surface area contributed by atoms with Crippen LogP contribution in [0.3, 0.4) is 0 Å². The first kappa shape index (κ1) is 13.2. The molecule has 0 atom stereocenters. The first-order chi connectivity index (χ1) is 8.66. The van der Waals surface area contributed by atoms with Crippen molar-refractivity contribution in [2.45, 2.75) is 6.92 Å². The molecular formula is C13H17ClN2O2. The number of aryl methyl sites for hydroxylation is 1. The Morgan fingerprint density at radius 3 is 2.83 bits per heavy atom. The number of hydrogen-bond acceptors (Lipinski definition) is 3. The van der Waals surface area contributed by atoms with Crippen LogP contribution in [0.4, 0.5) is 0 Å². The SMILES string of the molecule is Cc1cc(OCC(=O)N2CCNCC2)ccc1Cl. The number of benzene rings is 1. The highest BCUT2D eigenvalue weighted by molar-refractivity contribution is 6.31. The van der Waals surface area contributed by atoms with Gasteiger partial charge in [0.2, 0.25) is 0 Å². The monoisotopic (exact) mass is 268 g/mol. The molecule has 0 aliphatic carbocycles. The average molecular weight is 269 g/mol. The number of amides is 1. The van der Waals surface area contributed by atoms with Crippen LogP contribution in [0.15, 0.2) is 18.2 Å². The standard InChI is InChI=1S/C13H17ClN2O2/c1-10-8-11(2-3-12(10)14)18-9-13(17)16-6-4-15-5-7-16/h2-3,8,15H,4-7,9H2,1H3. The van der Waals surface area contributed by atoms with Crippen LogP contribution in [0.2, 0.25) is 5.02 Å². The lowest BCUT2D eigenvalue weighted by molar-refractivity contribution is -0.133. The molecule has 0 bridgehead atoms. The number of rotatable bonds is 3. The van der Waals surface area contributed by atoms with Gasteiger partial charge in [0.15, 0.2) is 6.61 Å². The topological polar surface area (TPSA) is 41.6 Å². The molecule has 4 nitrogen and oxygen atoms in total. The van der Waals surface area contributed by atoms with Crippen LogP contribution >= 0.6 is 11.6 Å². The summed E-state index contributed by atoms with van der Waals surface area (Å²) >= 11 is 5.93. The molecule has 0 radical (unpaired) electrons. The fourth-order valence-electron chi connectivity index (χ4n) is 1.86. The van der Waals surface area contributed by atoms with Crippen molar-refractivity contribution in [3.63, 3.8) is 0 Å². The van der Waals surface area contributed by atoms with Crippen molar-refractivity contribution in [1.29, 1.82) is 0 Å². The highest BCUT2D eigenvalue weighted by Crippen LogP contribution is 2.20. The molecule has 0 saturated carbocycles. The van der Waals surface area contributed by atoms with Gasteiger partial charge in [-0.2, -0.15) is 0 Å². The molecule has 1 N–H and O–H groups in total. The summed E-state index contributed by atoms with van der Waals surface area (Å²) < 4.78 is 5.49. The second kappa shape index (κ2) is 6.07. The largest absolute Gasteiger partial charge is 0.484 e. The van der Waals surface area contributed by atoms with Gasteiger partial charge in [-0.1, -0.05) is 11.6 Å². The van der Waals surface area contributed by atoms with Crippen molar-refractivity contribution >= 4 is 17.5 Å². The number of halogens is 1. The van der Waals surface area contributed by atoms with E-state index in [4.69, 9.17) is 16.3 Å². The molecule has 1 heterocycles. The van der Waals surface area contributed by atoms with Crippen LogP contribution in [0.25, 0.3) is 0 Å². The predicted octanol–water partition coefficient (Wildman–Crippen LogP) is 1.46. The highest BCUT2D eigenvalue weighted by atomic mass is 35.5. The summed E-state index contributed by atoms with van der Waals surface area (Å²) in [7, 11) is 0. The summed E-state index contributed by atoms with van der Waals surface area (Å²) in [5, 5.41) is 3.91. The Morgan fingerprint density at radius 2 is 2.17 bits per heavy atom. The van der Waals surface area contributed by atoms with Gasteiger partial charge in [0.1, 0.15) is 5.75 Å². The van der Waals surface area contributed by atoms with Crippen molar-refractivity contribution in [3.8, 4) is 5.75 Å². The van der Waals surface area contributed by atoms with Crippen molar-refractivity contribution in [1.82, 2.24) is 10.2 Å². The van der Waals surface area contributed by atoms with Crippen LogP contribution in [0.5, 0.6) is 5.75 Å². The molecule has 0 spiro atoms. The molecule has 1 aliphatic heterocycles. The third kappa shape index (κ3) is 3.37. The van der Waals surface area contributed by atoms with E-state index in [1.165, 1.54) is 0 Å². The molecule has 1 saturated heterocycles. The molecule has 1 amide bonds. The molecule has 18 heavy (non-hydrogen) atoms. The molecule has 1 aromatic carbocycles. The van der Waals surface area contributed by atoms with E-state index in [2.05, 4.69) is 5.32 Å². The smallest absolute Gasteiger partial charge is 0.260 e. The minimum absolute atomic E-state index is 0.0316. The first-order valence-electron chi connectivity index (χ1n) is 6.04. The summed E-state index contributed by atoms with van der Waals surface area (Å²) in [5.41, 5.74) is 0.948. The van der Waals surface area contributed by atoms with Gasteiger partial charge in [-0.15, -0.1) is 0 Å².